The molecule has 0 aliphatic carbocycles. The van der Waals surface area contributed by atoms with E-state index in [2.05, 4.69) is 44.6 Å². The van der Waals surface area contributed by atoms with Crippen molar-refractivity contribution in [1.29, 1.82) is 0 Å². The van der Waals surface area contributed by atoms with Gasteiger partial charge in [0.15, 0.2) is 5.82 Å². The highest BCUT2D eigenvalue weighted by atomic mass is 79.9. The van der Waals surface area contributed by atoms with Crippen LogP contribution in [0.1, 0.15) is 44.0 Å². The Balaban J connectivity index is 1.67. The molecule has 1 saturated heterocycles. The summed E-state index contributed by atoms with van der Waals surface area (Å²) in [6, 6.07) is 6.00. The van der Waals surface area contributed by atoms with Crippen molar-refractivity contribution in [2.24, 2.45) is 5.92 Å². The molecule has 29 heavy (non-hydrogen) atoms. The van der Waals surface area contributed by atoms with Gasteiger partial charge in [-0.05, 0) is 59.8 Å². The predicted molar refractivity (Wildman–Crippen MR) is 119 cm³/mol. The van der Waals surface area contributed by atoms with Gasteiger partial charge in [-0.1, -0.05) is 25.4 Å². The molecule has 3 aromatic rings. The van der Waals surface area contributed by atoms with Gasteiger partial charge in [0.1, 0.15) is 16.7 Å². The van der Waals surface area contributed by atoms with Gasteiger partial charge in [0, 0.05) is 35.5 Å². The van der Waals surface area contributed by atoms with E-state index in [1.165, 1.54) is 0 Å². The first-order valence-corrected chi connectivity index (χ1v) is 11.1. The lowest BCUT2D eigenvalue weighted by atomic mass is 10.1. The lowest BCUT2D eigenvalue weighted by Gasteiger charge is -2.26. The van der Waals surface area contributed by atoms with E-state index in [1.807, 2.05) is 29.8 Å². The highest BCUT2D eigenvalue weighted by molar-refractivity contribution is 9.10. The van der Waals surface area contributed by atoms with Crippen LogP contribution in [0.2, 0.25) is 5.15 Å². The number of anilines is 1. The quantitative estimate of drug-likeness (QED) is 0.490. The van der Waals surface area contributed by atoms with Crippen LogP contribution in [-0.4, -0.2) is 31.3 Å². The summed E-state index contributed by atoms with van der Waals surface area (Å²) in [6.45, 7) is 8.14. The van der Waals surface area contributed by atoms with Gasteiger partial charge < -0.3 is 4.90 Å². The van der Waals surface area contributed by atoms with Crippen LogP contribution >= 0.6 is 27.5 Å². The van der Waals surface area contributed by atoms with Crippen LogP contribution < -0.4 is 4.90 Å². The summed E-state index contributed by atoms with van der Waals surface area (Å²) in [4.78, 5) is 16.0. The Morgan fingerprint density at radius 1 is 1.24 bits per heavy atom. The average Bonchev–Trinajstić information content (AvgIpc) is 3.26. The molecule has 1 atom stereocenters. The third kappa shape index (κ3) is 4.16. The molecule has 1 aliphatic rings. The highest BCUT2D eigenvalue weighted by Crippen LogP contribution is 2.40. The summed E-state index contributed by atoms with van der Waals surface area (Å²) >= 11 is 10.2. The molecule has 0 spiro atoms. The van der Waals surface area contributed by atoms with Crippen molar-refractivity contribution in [2.45, 2.75) is 46.2 Å². The molecular weight excluding hydrogens is 452 g/mol. The largest absolute Gasteiger partial charge is 0.349 e. The number of aryl methyl sites for hydroxylation is 1. The fourth-order valence-electron chi connectivity index (χ4n) is 3.89. The van der Waals surface area contributed by atoms with Crippen molar-refractivity contribution >= 4 is 33.3 Å². The molecule has 0 radical (unpaired) electrons. The van der Waals surface area contributed by atoms with E-state index in [0.29, 0.717) is 11.7 Å². The second-order valence-electron chi connectivity index (χ2n) is 7.82. The number of rotatable bonds is 5. The maximum absolute atomic E-state index is 6.78. The smallest absolute Gasteiger partial charge is 0.180 e. The van der Waals surface area contributed by atoms with Gasteiger partial charge in [0.05, 0.1) is 11.7 Å². The maximum Gasteiger partial charge on any atom is 0.180 e. The molecule has 1 fully saturated rings. The van der Waals surface area contributed by atoms with Gasteiger partial charge in [-0.15, -0.1) is 0 Å². The number of hydrogen-bond donors (Lipinski definition) is 0. The van der Waals surface area contributed by atoms with Crippen LogP contribution in [0.15, 0.2) is 35.1 Å². The Morgan fingerprint density at radius 2 is 2.07 bits per heavy atom. The zero-order valence-corrected chi connectivity index (χ0v) is 19.2. The standard InChI is InChI=1S/C21H24BrClN6/c1-13(2)12-29-20(23)19(14(3)27-29)17-5-4-10-28(17)18-8-9-24-21(26-18)16-7-6-15(22)11-25-16/h6-9,11,13,17H,4-5,10,12H2,1-3H3. The van der Waals surface area contributed by atoms with Gasteiger partial charge in [-0.2, -0.15) is 5.10 Å². The summed E-state index contributed by atoms with van der Waals surface area (Å²) in [6.07, 6.45) is 5.68. The summed E-state index contributed by atoms with van der Waals surface area (Å²) in [5, 5.41) is 5.45. The van der Waals surface area contributed by atoms with Crippen molar-refractivity contribution in [3.05, 3.63) is 51.5 Å². The minimum atomic E-state index is 0.170. The Labute approximate surface area is 184 Å². The van der Waals surface area contributed by atoms with Crippen molar-refractivity contribution in [2.75, 3.05) is 11.4 Å². The molecule has 1 aliphatic heterocycles. The van der Waals surface area contributed by atoms with Crippen LogP contribution in [0.25, 0.3) is 11.5 Å². The fourth-order valence-corrected chi connectivity index (χ4v) is 4.50. The number of pyridine rings is 1. The van der Waals surface area contributed by atoms with Gasteiger partial charge in [-0.3, -0.25) is 9.67 Å². The molecule has 0 aromatic carbocycles. The van der Waals surface area contributed by atoms with E-state index in [9.17, 15) is 0 Å². The molecule has 0 saturated carbocycles. The zero-order valence-electron chi connectivity index (χ0n) is 16.8. The molecule has 0 amide bonds. The molecule has 1 unspecified atom stereocenters. The van der Waals surface area contributed by atoms with Crippen LogP contribution in [0, 0.1) is 12.8 Å². The number of halogens is 2. The lowest BCUT2D eigenvalue weighted by molar-refractivity contribution is 0.481. The average molecular weight is 476 g/mol. The van der Waals surface area contributed by atoms with Crippen LogP contribution in [0.5, 0.6) is 0 Å². The van der Waals surface area contributed by atoms with E-state index >= 15 is 0 Å². The third-order valence-electron chi connectivity index (χ3n) is 5.13. The van der Waals surface area contributed by atoms with Crippen molar-refractivity contribution < 1.29 is 0 Å². The Bertz CT molecular complexity index is 1000. The summed E-state index contributed by atoms with van der Waals surface area (Å²) in [7, 11) is 0. The van der Waals surface area contributed by atoms with Crippen LogP contribution in [-0.2, 0) is 6.54 Å². The lowest BCUT2D eigenvalue weighted by Crippen LogP contribution is -2.24. The molecule has 4 heterocycles. The number of hydrogen-bond acceptors (Lipinski definition) is 5. The molecular formula is C21H24BrClN6. The van der Waals surface area contributed by atoms with E-state index in [0.717, 1.165) is 58.3 Å². The SMILES string of the molecule is Cc1nn(CC(C)C)c(Cl)c1C1CCCN1c1ccnc(-c2ccc(Br)cn2)n1. The molecule has 6 nitrogen and oxygen atoms in total. The van der Waals surface area contributed by atoms with Crippen LogP contribution in [0.3, 0.4) is 0 Å². The highest BCUT2D eigenvalue weighted by Gasteiger charge is 2.32. The topological polar surface area (TPSA) is 59.7 Å². The van der Waals surface area contributed by atoms with Gasteiger partial charge in [-0.25, -0.2) is 9.97 Å². The van der Waals surface area contributed by atoms with Crippen molar-refractivity contribution in [1.82, 2.24) is 24.7 Å². The minimum Gasteiger partial charge on any atom is -0.349 e. The van der Waals surface area contributed by atoms with E-state index in [-0.39, 0.29) is 6.04 Å². The first-order valence-electron chi connectivity index (χ1n) is 9.88. The Kier molecular flexibility index (Phi) is 5.88. The monoisotopic (exact) mass is 474 g/mol. The van der Waals surface area contributed by atoms with E-state index in [4.69, 9.17) is 21.7 Å². The zero-order chi connectivity index (χ0) is 20.5. The Hall–Kier alpha value is -1.99. The van der Waals surface area contributed by atoms with Gasteiger partial charge in [0.25, 0.3) is 0 Å². The van der Waals surface area contributed by atoms with E-state index < -0.39 is 0 Å². The second kappa shape index (κ2) is 8.40. The summed E-state index contributed by atoms with van der Waals surface area (Å²) in [5.41, 5.74) is 2.87. The Morgan fingerprint density at radius 3 is 2.79 bits per heavy atom. The number of aromatic nitrogens is 5. The molecule has 8 heteroatoms. The number of nitrogens with zero attached hydrogens (tertiary/aromatic N) is 6. The molecule has 3 aromatic heterocycles. The fraction of sp³-hybridized carbons (Fsp3) is 0.429. The predicted octanol–water partition coefficient (Wildman–Crippen LogP) is 5.46. The molecule has 4 rings (SSSR count). The molecule has 0 N–H and O–H groups in total. The summed E-state index contributed by atoms with van der Waals surface area (Å²) in [5.74, 6) is 2.01. The van der Waals surface area contributed by atoms with Crippen molar-refractivity contribution in [3.8, 4) is 11.5 Å². The first kappa shape index (κ1) is 20.3. The van der Waals surface area contributed by atoms with Gasteiger partial charge >= 0.3 is 0 Å². The second-order valence-corrected chi connectivity index (χ2v) is 9.09. The van der Waals surface area contributed by atoms with Crippen molar-refractivity contribution in [3.63, 3.8) is 0 Å². The summed E-state index contributed by atoms with van der Waals surface area (Å²) < 4.78 is 2.87. The third-order valence-corrected chi connectivity index (χ3v) is 5.99. The van der Waals surface area contributed by atoms with Crippen LogP contribution in [0.4, 0.5) is 5.82 Å². The molecule has 152 valence electrons. The normalized spacial score (nSPS) is 16.8. The van der Waals surface area contributed by atoms with Gasteiger partial charge in [0.2, 0.25) is 0 Å². The molecule has 0 bridgehead atoms. The van der Waals surface area contributed by atoms with E-state index in [1.54, 1.807) is 12.4 Å². The minimum absolute atomic E-state index is 0.170. The first-order chi connectivity index (χ1) is 13.9. The maximum atomic E-state index is 6.78.